The Kier molecular flexibility index (Phi) is 4.91. The summed E-state index contributed by atoms with van der Waals surface area (Å²) in [4.78, 5) is 22.0. The number of halogens is 2. The van der Waals surface area contributed by atoms with Crippen LogP contribution in [0.25, 0.3) is 27.8 Å². The zero-order chi connectivity index (χ0) is 19.0. The molecule has 4 aromatic rings. The first-order valence-corrected chi connectivity index (χ1v) is 10.0. The number of rotatable bonds is 3. The van der Waals surface area contributed by atoms with Crippen molar-refractivity contribution >= 4 is 46.0 Å². The van der Waals surface area contributed by atoms with Crippen LogP contribution in [-0.2, 0) is 0 Å². The van der Waals surface area contributed by atoms with E-state index in [1.54, 1.807) is 30.6 Å². The Hall–Kier alpha value is -2.34. The lowest BCUT2D eigenvalue weighted by atomic mass is 10.1. The number of nitrogens with zero attached hydrogens (tertiary/aromatic N) is 3. The molecular formula is C20H13Cl2N3OS. The Morgan fingerprint density at radius 2 is 1.70 bits per heavy atom. The summed E-state index contributed by atoms with van der Waals surface area (Å²) in [6.45, 7) is 0. The summed E-state index contributed by atoms with van der Waals surface area (Å²) in [5, 5.41) is 1.83. The van der Waals surface area contributed by atoms with E-state index in [0.717, 1.165) is 5.69 Å². The van der Waals surface area contributed by atoms with Crippen molar-refractivity contribution < 1.29 is 0 Å². The molecule has 27 heavy (non-hydrogen) atoms. The zero-order valence-electron chi connectivity index (χ0n) is 14.2. The first kappa shape index (κ1) is 18.0. The van der Waals surface area contributed by atoms with E-state index in [1.165, 1.54) is 11.8 Å². The molecule has 7 heteroatoms. The molecule has 2 aromatic carbocycles. The molecule has 134 valence electrons. The van der Waals surface area contributed by atoms with Crippen molar-refractivity contribution in [1.82, 2.24) is 14.5 Å². The van der Waals surface area contributed by atoms with Crippen molar-refractivity contribution in [2.24, 2.45) is 0 Å². The monoisotopic (exact) mass is 413 g/mol. The van der Waals surface area contributed by atoms with Crippen LogP contribution in [0, 0.1) is 0 Å². The fourth-order valence-electron chi connectivity index (χ4n) is 2.91. The lowest BCUT2D eigenvalue weighted by Crippen LogP contribution is -2.13. The third-order valence-electron chi connectivity index (χ3n) is 4.17. The second-order valence-electron chi connectivity index (χ2n) is 5.77. The summed E-state index contributed by atoms with van der Waals surface area (Å²) in [5.41, 5.74) is 2.11. The van der Waals surface area contributed by atoms with Gasteiger partial charge >= 0.3 is 0 Å². The third-order valence-corrected chi connectivity index (χ3v) is 5.36. The molecule has 4 nitrogen and oxygen atoms in total. The van der Waals surface area contributed by atoms with Crippen LogP contribution in [0.3, 0.4) is 0 Å². The van der Waals surface area contributed by atoms with Crippen LogP contribution in [0.1, 0.15) is 0 Å². The Labute approximate surface area is 169 Å². The lowest BCUT2D eigenvalue weighted by molar-refractivity contribution is 0.954. The second kappa shape index (κ2) is 7.35. The molecular weight excluding hydrogens is 401 g/mol. The summed E-state index contributed by atoms with van der Waals surface area (Å²) in [6, 6.07) is 14.9. The Morgan fingerprint density at radius 3 is 2.37 bits per heavy atom. The molecule has 0 unspecified atom stereocenters. The molecule has 0 N–H and O–H groups in total. The van der Waals surface area contributed by atoms with Gasteiger partial charge in [-0.2, -0.15) is 0 Å². The van der Waals surface area contributed by atoms with E-state index >= 15 is 0 Å². The minimum Gasteiger partial charge on any atom is -0.300 e. The van der Waals surface area contributed by atoms with Crippen molar-refractivity contribution in [2.75, 3.05) is 6.26 Å². The average molecular weight is 414 g/mol. The van der Waals surface area contributed by atoms with Gasteiger partial charge in [0.15, 0.2) is 10.8 Å². The summed E-state index contributed by atoms with van der Waals surface area (Å²) in [6.07, 6.45) is 5.19. The fourth-order valence-corrected chi connectivity index (χ4v) is 3.85. The topological polar surface area (TPSA) is 47.8 Å². The van der Waals surface area contributed by atoms with Crippen LogP contribution in [0.5, 0.6) is 0 Å². The number of pyridine rings is 1. The van der Waals surface area contributed by atoms with Gasteiger partial charge in [-0.15, -0.1) is 0 Å². The van der Waals surface area contributed by atoms with Gasteiger partial charge in [0.2, 0.25) is 5.43 Å². The van der Waals surface area contributed by atoms with Gasteiger partial charge in [0.1, 0.15) is 0 Å². The number of thioether (sulfide) groups is 1. The van der Waals surface area contributed by atoms with Crippen LogP contribution in [0.4, 0.5) is 0 Å². The number of para-hydroxylation sites is 1. The number of hydrogen-bond acceptors (Lipinski definition) is 4. The molecule has 0 aliphatic rings. The minimum atomic E-state index is -0.208. The number of aromatic nitrogens is 3. The van der Waals surface area contributed by atoms with Crippen molar-refractivity contribution in [2.45, 2.75) is 5.16 Å². The summed E-state index contributed by atoms with van der Waals surface area (Å²) < 4.78 is 1.87. The third kappa shape index (κ3) is 3.23. The number of fused-ring (bicyclic) bond motifs is 1. The molecule has 0 saturated carbocycles. The quantitative estimate of drug-likeness (QED) is 0.329. The molecule has 0 amide bonds. The first-order valence-electron chi connectivity index (χ1n) is 8.06. The van der Waals surface area contributed by atoms with Crippen LogP contribution < -0.4 is 5.43 Å². The highest BCUT2D eigenvalue weighted by Crippen LogP contribution is 2.34. The van der Waals surface area contributed by atoms with E-state index < -0.39 is 0 Å². The summed E-state index contributed by atoms with van der Waals surface area (Å²) in [7, 11) is 0. The van der Waals surface area contributed by atoms with E-state index in [4.69, 9.17) is 23.2 Å². The maximum absolute atomic E-state index is 13.2. The molecule has 0 fully saturated rings. The number of hydrogen-bond donors (Lipinski definition) is 0. The van der Waals surface area contributed by atoms with Gasteiger partial charge < -0.3 is 4.57 Å². The largest absolute Gasteiger partial charge is 0.300 e. The lowest BCUT2D eigenvalue weighted by Gasteiger charge is -2.14. The van der Waals surface area contributed by atoms with Crippen molar-refractivity contribution in [3.8, 4) is 16.8 Å². The van der Waals surface area contributed by atoms with Crippen LogP contribution in [0.2, 0.25) is 10.0 Å². The van der Waals surface area contributed by atoms with Gasteiger partial charge in [-0.25, -0.2) is 9.97 Å². The fraction of sp³-hybridized carbons (Fsp3) is 0.0500. The van der Waals surface area contributed by atoms with Crippen molar-refractivity contribution in [3.63, 3.8) is 0 Å². The van der Waals surface area contributed by atoms with Crippen molar-refractivity contribution in [3.05, 3.63) is 81.2 Å². The van der Waals surface area contributed by atoms with Crippen LogP contribution >= 0.6 is 35.0 Å². The van der Waals surface area contributed by atoms with Gasteiger partial charge in [0, 0.05) is 29.2 Å². The van der Waals surface area contributed by atoms with E-state index in [1.807, 2.05) is 41.2 Å². The summed E-state index contributed by atoms with van der Waals surface area (Å²) >= 11 is 14.2. The van der Waals surface area contributed by atoms with Gasteiger partial charge in [-0.3, -0.25) is 4.79 Å². The molecule has 0 aliphatic heterocycles. The van der Waals surface area contributed by atoms with Crippen LogP contribution in [0.15, 0.2) is 70.9 Å². The molecule has 0 radical (unpaired) electrons. The Morgan fingerprint density at radius 1 is 1.00 bits per heavy atom. The highest BCUT2D eigenvalue weighted by Gasteiger charge is 2.18. The normalized spacial score (nSPS) is 11.1. The van der Waals surface area contributed by atoms with Gasteiger partial charge in [-0.1, -0.05) is 59.2 Å². The zero-order valence-corrected chi connectivity index (χ0v) is 16.5. The van der Waals surface area contributed by atoms with E-state index in [-0.39, 0.29) is 5.43 Å². The Balaban J connectivity index is 2.14. The highest BCUT2D eigenvalue weighted by molar-refractivity contribution is 7.98. The SMILES string of the molecule is CSc1ncc2c(=O)c(-c3c(Cl)cccc3Cl)cn(-c3ccccc3)c2n1. The van der Waals surface area contributed by atoms with Gasteiger partial charge in [0.25, 0.3) is 0 Å². The molecule has 4 rings (SSSR count). The minimum absolute atomic E-state index is 0.208. The maximum Gasteiger partial charge on any atom is 0.200 e. The van der Waals surface area contributed by atoms with E-state index in [2.05, 4.69) is 9.97 Å². The molecule has 0 atom stereocenters. The molecule has 2 heterocycles. The van der Waals surface area contributed by atoms with Gasteiger partial charge in [0.05, 0.1) is 15.4 Å². The highest BCUT2D eigenvalue weighted by atomic mass is 35.5. The smallest absolute Gasteiger partial charge is 0.200 e. The predicted octanol–water partition coefficient (Wildman–Crippen LogP) is 5.48. The summed E-state index contributed by atoms with van der Waals surface area (Å²) in [5.74, 6) is 0. The number of benzene rings is 2. The first-order chi connectivity index (χ1) is 13.1. The second-order valence-corrected chi connectivity index (χ2v) is 7.36. The predicted molar refractivity (Wildman–Crippen MR) is 112 cm³/mol. The van der Waals surface area contributed by atoms with Crippen molar-refractivity contribution in [1.29, 1.82) is 0 Å². The average Bonchev–Trinajstić information content (AvgIpc) is 2.69. The van der Waals surface area contributed by atoms with E-state index in [0.29, 0.717) is 37.4 Å². The molecule has 0 bridgehead atoms. The molecule has 2 aromatic heterocycles. The molecule has 0 aliphatic carbocycles. The van der Waals surface area contributed by atoms with E-state index in [9.17, 15) is 4.79 Å². The Bertz CT molecular complexity index is 1190. The van der Waals surface area contributed by atoms with Gasteiger partial charge in [-0.05, 0) is 30.5 Å². The standard InChI is InChI=1S/C20H13Cl2N3OS/c1-27-20-23-10-13-18(26)14(17-15(21)8-5-9-16(17)22)11-25(19(13)24-20)12-6-3-2-4-7-12/h2-11H,1H3. The molecule has 0 spiro atoms. The molecule has 0 saturated heterocycles. The van der Waals surface area contributed by atoms with Crippen LogP contribution in [-0.4, -0.2) is 20.8 Å². The maximum atomic E-state index is 13.2.